The Hall–Kier alpha value is -1.80. The summed E-state index contributed by atoms with van der Waals surface area (Å²) in [6.45, 7) is 0. The van der Waals surface area contributed by atoms with E-state index in [9.17, 15) is 13.2 Å². The van der Waals surface area contributed by atoms with E-state index in [2.05, 4.69) is 4.18 Å². The average molecular weight is 357 g/mol. The lowest BCUT2D eigenvalue weighted by molar-refractivity contribution is -0.126. The first-order valence-corrected chi connectivity index (χ1v) is 8.03. The normalized spacial score (nSPS) is 11.0. The van der Waals surface area contributed by atoms with Crippen LogP contribution in [0, 0.1) is 0 Å². The number of hydrogen-bond donors (Lipinski definition) is 1. The molecule has 0 radical (unpaired) electrons. The number of thiocarbonyl (C=S) groups is 1. The van der Waals surface area contributed by atoms with Gasteiger partial charge in [-0.3, -0.25) is 4.55 Å². The Morgan fingerprint density at radius 2 is 1.68 bits per heavy atom. The van der Waals surface area contributed by atoms with Gasteiger partial charge in [-0.15, -0.1) is 0 Å². The standard InChI is InChI=1S/C14H9ClO5S2/c15-12-4-2-1-3-11(12)9-5-7-10(8-6-9)13(21)14(16)20-22(17,18)19/h1-8H,(H,17,18,19). The molecule has 0 saturated carbocycles. The smallest absolute Gasteiger partial charge is 0.319 e. The highest BCUT2D eigenvalue weighted by Crippen LogP contribution is 2.27. The lowest BCUT2D eigenvalue weighted by Crippen LogP contribution is -2.20. The van der Waals surface area contributed by atoms with Gasteiger partial charge in [0.2, 0.25) is 0 Å². The molecule has 0 atom stereocenters. The number of hydrogen-bond acceptors (Lipinski definition) is 5. The van der Waals surface area contributed by atoms with E-state index >= 15 is 0 Å². The first kappa shape index (κ1) is 16.6. The van der Waals surface area contributed by atoms with Crippen molar-refractivity contribution in [1.82, 2.24) is 0 Å². The summed E-state index contributed by atoms with van der Waals surface area (Å²) in [6, 6.07) is 13.7. The molecule has 0 bridgehead atoms. The van der Waals surface area contributed by atoms with Gasteiger partial charge in [0.15, 0.2) is 0 Å². The Kier molecular flexibility index (Phi) is 4.92. The monoisotopic (exact) mass is 356 g/mol. The number of rotatable bonds is 4. The van der Waals surface area contributed by atoms with Crippen LogP contribution in [-0.4, -0.2) is 23.8 Å². The molecular weight excluding hydrogens is 348 g/mol. The maximum absolute atomic E-state index is 11.4. The molecule has 0 aromatic heterocycles. The minimum atomic E-state index is -4.89. The van der Waals surface area contributed by atoms with E-state index in [1.807, 2.05) is 12.1 Å². The highest BCUT2D eigenvalue weighted by Gasteiger charge is 2.19. The van der Waals surface area contributed by atoms with Crippen LogP contribution in [0.5, 0.6) is 0 Å². The second-order valence-electron chi connectivity index (χ2n) is 4.18. The zero-order valence-electron chi connectivity index (χ0n) is 10.9. The molecule has 8 heteroatoms. The van der Waals surface area contributed by atoms with Gasteiger partial charge in [0.05, 0.1) is 0 Å². The van der Waals surface area contributed by atoms with E-state index in [1.165, 1.54) is 12.1 Å². The summed E-state index contributed by atoms with van der Waals surface area (Å²) in [5.74, 6) is -1.32. The fourth-order valence-corrected chi connectivity index (χ4v) is 2.50. The number of halogens is 1. The predicted molar refractivity (Wildman–Crippen MR) is 86.2 cm³/mol. The molecule has 0 saturated heterocycles. The van der Waals surface area contributed by atoms with Crippen LogP contribution in [0.15, 0.2) is 48.5 Å². The molecule has 0 unspecified atom stereocenters. The van der Waals surface area contributed by atoms with Crippen LogP contribution >= 0.6 is 23.8 Å². The van der Waals surface area contributed by atoms with Crippen LogP contribution in [-0.2, 0) is 19.4 Å². The summed E-state index contributed by atoms with van der Waals surface area (Å²) in [5.41, 5.74) is 1.90. The molecule has 0 aliphatic heterocycles. The van der Waals surface area contributed by atoms with Crippen molar-refractivity contribution in [3.8, 4) is 11.1 Å². The molecule has 0 fully saturated rings. The Morgan fingerprint density at radius 1 is 1.09 bits per heavy atom. The van der Waals surface area contributed by atoms with Gasteiger partial charge < -0.3 is 4.18 Å². The molecular formula is C14H9ClO5S2. The zero-order valence-corrected chi connectivity index (χ0v) is 13.3. The van der Waals surface area contributed by atoms with Crippen molar-refractivity contribution in [2.45, 2.75) is 0 Å². The summed E-state index contributed by atoms with van der Waals surface area (Å²) in [4.78, 5) is 11.1. The lowest BCUT2D eigenvalue weighted by atomic mass is 10.0. The van der Waals surface area contributed by atoms with E-state index in [0.29, 0.717) is 10.6 Å². The number of carbonyl (C=O) groups excluding carboxylic acids is 1. The van der Waals surface area contributed by atoms with Gasteiger partial charge in [-0.25, -0.2) is 4.79 Å². The molecule has 22 heavy (non-hydrogen) atoms. The zero-order chi connectivity index (χ0) is 16.3. The maximum Gasteiger partial charge on any atom is 0.449 e. The molecule has 1 N–H and O–H groups in total. The summed E-state index contributed by atoms with van der Waals surface area (Å²) < 4.78 is 33.3. The van der Waals surface area contributed by atoms with Crippen molar-refractivity contribution in [2.24, 2.45) is 0 Å². The Morgan fingerprint density at radius 3 is 2.23 bits per heavy atom. The fraction of sp³-hybridized carbons (Fsp3) is 0. The molecule has 2 aromatic carbocycles. The molecule has 0 aliphatic rings. The predicted octanol–water partition coefficient (Wildman–Crippen LogP) is 3.07. The third-order valence-electron chi connectivity index (χ3n) is 2.70. The molecule has 2 rings (SSSR count). The first-order valence-electron chi connectivity index (χ1n) is 5.88. The minimum absolute atomic E-state index is 0.291. The van der Waals surface area contributed by atoms with Gasteiger partial charge in [-0.1, -0.05) is 66.3 Å². The molecule has 0 spiro atoms. The highest BCUT2D eigenvalue weighted by molar-refractivity contribution is 7.83. The molecule has 0 amide bonds. The molecule has 2 aromatic rings. The van der Waals surface area contributed by atoms with Crippen LogP contribution in [0.3, 0.4) is 0 Å². The van der Waals surface area contributed by atoms with E-state index in [-0.39, 0.29) is 4.86 Å². The van der Waals surface area contributed by atoms with Crippen LogP contribution in [0.25, 0.3) is 11.1 Å². The highest BCUT2D eigenvalue weighted by atomic mass is 35.5. The fourth-order valence-electron chi connectivity index (χ4n) is 1.75. The number of benzene rings is 2. The maximum atomic E-state index is 11.4. The Bertz CT molecular complexity index is 829. The third-order valence-corrected chi connectivity index (χ3v) is 3.79. The van der Waals surface area contributed by atoms with Gasteiger partial charge in [-0.2, -0.15) is 8.42 Å². The van der Waals surface area contributed by atoms with Gasteiger partial charge in [0, 0.05) is 10.6 Å². The van der Waals surface area contributed by atoms with Gasteiger partial charge in [0.25, 0.3) is 0 Å². The van der Waals surface area contributed by atoms with Gasteiger partial charge in [0.1, 0.15) is 4.86 Å². The Balaban J connectivity index is 2.24. The second kappa shape index (κ2) is 6.53. The van der Waals surface area contributed by atoms with Crippen molar-refractivity contribution in [2.75, 3.05) is 0 Å². The second-order valence-corrected chi connectivity index (χ2v) is 6.02. The van der Waals surface area contributed by atoms with E-state index in [4.69, 9.17) is 28.4 Å². The van der Waals surface area contributed by atoms with E-state index in [0.717, 1.165) is 11.1 Å². The molecule has 5 nitrogen and oxygen atoms in total. The summed E-state index contributed by atoms with van der Waals surface area (Å²) >= 11 is 10.9. The topological polar surface area (TPSA) is 80.7 Å². The van der Waals surface area contributed by atoms with Crippen LogP contribution in [0.1, 0.15) is 5.56 Å². The SMILES string of the molecule is O=C(OS(=O)(=O)O)C(=S)c1ccc(-c2ccccc2Cl)cc1. The Labute approximate surface area is 137 Å². The van der Waals surface area contributed by atoms with Crippen molar-refractivity contribution < 1.29 is 21.9 Å². The van der Waals surface area contributed by atoms with Crippen molar-refractivity contribution >= 4 is 45.1 Å². The van der Waals surface area contributed by atoms with E-state index in [1.54, 1.807) is 24.3 Å². The van der Waals surface area contributed by atoms with Crippen LogP contribution in [0.4, 0.5) is 0 Å². The van der Waals surface area contributed by atoms with Crippen LogP contribution < -0.4 is 0 Å². The van der Waals surface area contributed by atoms with E-state index < -0.39 is 16.4 Å². The lowest BCUT2D eigenvalue weighted by Gasteiger charge is -2.06. The molecule has 0 heterocycles. The average Bonchev–Trinajstić information content (AvgIpc) is 2.45. The van der Waals surface area contributed by atoms with Crippen molar-refractivity contribution in [3.63, 3.8) is 0 Å². The first-order chi connectivity index (χ1) is 10.3. The minimum Gasteiger partial charge on any atom is -0.319 e. The largest absolute Gasteiger partial charge is 0.449 e. The quantitative estimate of drug-likeness (QED) is 0.515. The molecule has 114 valence electrons. The van der Waals surface area contributed by atoms with Crippen molar-refractivity contribution in [1.29, 1.82) is 0 Å². The summed E-state index contributed by atoms with van der Waals surface area (Å²) in [5, 5.41) is 0.573. The number of carbonyl (C=O) groups is 1. The van der Waals surface area contributed by atoms with Crippen molar-refractivity contribution in [3.05, 3.63) is 59.1 Å². The summed E-state index contributed by atoms with van der Waals surface area (Å²) in [7, 11) is -4.89. The summed E-state index contributed by atoms with van der Waals surface area (Å²) in [6.07, 6.45) is 0. The van der Waals surface area contributed by atoms with Crippen LogP contribution in [0.2, 0.25) is 5.02 Å². The molecule has 0 aliphatic carbocycles. The van der Waals surface area contributed by atoms with Gasteiger partial charge in [-0.05, 0) is 17.2 Å². The van der Waals surface area contributed by atoms with Gasteiger partial charge >= 0.3 is 16.4 Å². The third kappa shape index (κ3) is 4.11.